The molecule has 0 heterocycles. The molecule has 0 aliphatic rings. The third kappa shape index (κ3) is 3.29. The van der Waals surface area contributed by atoms with Crippen molar-refractivity contribution in [1.29, 1.82) is 0 Å². The van der Waals surface area contributed by atoms with Crippen LogP contribution in [0.1, 0.15) is 12.0 Å². The molecule has 2 N–H and O–H groups in total. The third-order valence-electron chi connectivity index (χ3n) is 2.05. The Morgan fingerprint density at radius 3 is 2.53 bits per heavy atom. The number of benzene rings is 1. The predicted molar refractivity (Wildman–Crippen MR) is 62.3 cm³/mol. The minimum Gasteiger partial charge on any atom is -0.493 e. The van der Waals surface area contributed by atoms with Crippen molar-refractivity contribution in [3.63, 3.8) is 0 Å². The zero-order valence-corrected chi connectivity index (χ0v) is 9.19. The molecule has 0 unspecified atom stereocenters. The van der Waals surface area contributed by atoms with Crippen LogP contribution in [0.2, 0.25) is 0 Å². The van der Waals surface area contributed by atoms with Crippen LogP contribution in [-0.2, 0) is 0 Å². The van der Waals surface area contributed by atoms with E-state index in [-0.39, 0.29) is 0 Å². The molecule has 0 saturated heterocycles. The largest absolute Gasteiger partial charge is 0.493 e. The number of ether oxygens (including phenoxy) is 2. The predicted octanol–water partition coefficient (Wildman–Crippen LogP) is 2.07. The minimum atomic E-state index is 0.670. The van der Waals surface area contributed by atoms with Crippen molar-refractivity contribution in [2.24, 2.45) is 5.73 Å². The van der Waals surface area contributed by atoms with Crippen LogP contribution < -0.4 is 15.2 Å². The summed E-state index contributed by atoms with van der Waals surface area (Å²) in [7, 11) is 3.26. The van der Waals surface area contributed by atoms with E-state index in [1.54, 1.807) is 14.2 Å². The first kappa shape index (κ1) is 11.6. The minimum absolute atomic E-state index is 0.670. The molecule has 1 aromatic carbocycles. The Labute approximate surface area is 90.5 Å². The second-order valence-corrected chi connectivity index (χ2v) is 3.09. The summed E-state index contributed by atoms with van der Waals surface area (Å²) in [5.74, 6) is 1.49. The molecule has 15 heavy (non-hydrogen) atoms. The van der Waals surface area contributed by atoms with Crippen molar-refractivity contribution in [2.75, 3.05) is 20.8 Å². The SMILES string of the molecule is COc1ccc(C=CCCN)cc1OC. The lowest BCUT2D eigenvalue weighted by Crippen LogP contribution is -1.95. The summed E-state index contributed by atoms with van der Waals surface area (Å²) in [6.07, 6.45) is 4.95. The molecule has 0 fully saturated rings. The Kier molecular flexibility index (Phi) is 4.71. The van der Waals surface area contributed by atoms with Gasteiger partial charge in [0.2, 0.25) is 0 Å². The molecule has 0 radical (unpaired) electrons. The van der Waals surface area contributed by atoms with Gasteiger partial charge in [-0.3, -0.25) is 0 Å². The van der Waals surface area contributed by atoms with E-state index in [0.717, 1.165) is 23.5 Å². The van der Waals surface area contributed by atoms with E-state index in [1.807, 2.05) is 30.4 Å². The molecule has 0 aliphatic carbocycles. The second-order valence-electron chi connectivity index (χ2n) is 3.09. The van der Waals surface area contributed by atoms with Crippen molar-refractivity contribution in [3.8, 4) is 11.5 Å². The highest BCUT2D eigenvalue weighted by molar-refractivity contribution is 5.55. The van der Waals surface area contributed by atoms with Crippen LogP contribution in [0.3, 0.4) is 0 Å². The molecule has 0 spiro atoms. The molecule has 3 heteroatoms. The first-order valence-corrected chi connectivity index (χ1v) is 4.90. The molecular formula is C12H17NO2. The standard InChI is InChI=1S/C12H17NO2/c1-14-11-7-6-10(5-3-4-8-13)9-12(11)15-2/h3,5-7,9H,4,8,13H2,1-2H3. The summed E-state index contributed by atoms with van der Waals surface area (Å²) in [5.41, 5.74) is 6.48. The van der Waals surface area contributed by atoms with Crippen LogP contribution >= 0.6 is 0 Å². The fraction of sp³-hybridized carbons (Fsp3) is 0.333. The molecular weight excluding hydrogens is 190 g/mol. The summed E-state index contributed by atoms with van der Waals surface area (Å²) >= 11 is 0. The fourth-order valence-corrected chi connectivity index (χ4v) is 1.27. The Balaban J connectivity index is 2.83. The fourth-order valence-electron chi connectivity index (χ4n) is 1.27. The normalized spacial score (nSPS) is 10.6. The number of methoxy groups -OCH3 is 2. The molecule has 1 rings (SSSR count). The van der Waals surface area contributed by atoms with Crippen molar-refractivity contribution in [2.45, 2.75) is 6.42 Å². The summed E-state index contributed by atoms with van der Waals surface area (Å²) in [6, 6.07) is 5.81. The van der Waals surface area contributed by atoms with Gasteiger partial charge in [-0.1, -0.05) is 18.2 Å². The van der Waals surface area contributed by atoms with Crippen LogP contribution in [0.5, 0.6) is 11.5 Å². The first-order valence-electron chi connectivity index (χ1n) is 4.90. The Morgan fingerprint density at radius 2 is 1.93 bits per heavy atom. The quantitative estimate of drug-likeness (QED) is 0.803. The van der Waals surface area contributed by atoms with E-state index >= 15 is 0 Å². The van der Waals surface area contributed by atoms with Gasteiger partial charge in [0.25, 0.3) is 0 Å². The second kappa shape index (κ2) is 6.09. The maximum absolute atomic E-state index is 5.40. The molecule has 1 aromatic rings. The topological polar surface area (TPSA) is 44.5 Å². The maximum Gasteiger partial charge on any atom is 0.161 e. The average Bonchev–Trinajstić information content (AvgIpc) is 2.29. The van der Waals surface area contributed by atoms with Gasteiger partial charge in [0.1, 0.15) is 0 Å². The van der Waals surface area contributed by atoms with Crippen LogP contribution in [0.15, 0.2) is 24.3 Å². The Morgan fingerprint density at radius 1 is 1.20 bits per heavy atom. The molecule has 0 saturated carbocycles. The summed E-state index contributed by atoms with van der Waals surface area (Å²) in [5, 5.41) is 0. The van der Waals surface area contributed by atoms with Crippen LogP contribution in [0, 0.1) is 0 Å². The van der Waals surface area contributed by atoms with E-state index in [0.29, 0.717) is 6.54 Å². The van der Waals surface area contributed by atoms with E-state index in [4.69, 9.17) is 15.2 Å². The summed E-state index contributed by atoms with van der Waals surface area (Å²) in [4.78, 5) is 0. The van der Waals surface area contributed by atoms with Crippen LogP contribution in [0.4, 0.5) is 0 Å². The van der Waals surface area contributed by atoms with Crippen molar-refractivity contribution in [1.82, 2.24) is 0 Å². The molecule has 82 valence electrons. The van der Waals surface area contributed by atoms with Gasteiger partial charge >= 0.3 is 0 Å². The van der Waals surface area contributed by atoms with Crippen LogP contribution in [0.25, 0.3) is 6.08 Å². The van der Waals surface area contributed by atoms with Crippen molar-refractivity contribution in [3.05, 3.63) is 29.8 Å². The Hall–Kier alpha value is -1.48. The molecule has 0 atom stereocenters. The highest BCUT2D eigenvalue weighted by Gasteiger charge is 2.01. The lowest BCUT2D eigenvalue weighted by atomic mass is 10.2. The molecule has 0 amide bonds. The van der Waals surface area contributed by atoms with E-state index in [9.17, 15) is 0 Å². The molecule has 0 aromatic heterocycles. The number of nitrogens with two attached hydrogens (primary N) is 1. The van der Waals surface area contributed by atoms with Crippen molar-refractivity contribution < 1.29 is 9.47 Å². The van der Waals surface area contributed by atoms with Gasteiger partial charge in [-0.15, -0.1) is 0 Å². The van der Waals surface area contributed by atoms with E-state index < -0.39 is 0 Å². The average molecular weight is 207 g/mol. The maximum atomic E-state index is 5.40. The number of hydrogen-bond acceptors (Lipinski definition) is 3. The lowest BCUT2D eigenvalue weighted by molar-refractivity contribution is 0.355. The Bertz CT molecular complexity index is 334. The third-order valence-corrected chi connectivity index (χ3v) is 2.05. The van der Waals surface area contributed by atoms with Gasteiger partial charge in [-0.05, 0) is 30.7 Å². The van der Waals surface area contributed by atoms with Gasteiger partial charge in [-0.2, -0.15) is 0 Å². The van der Waals surface area contributed by atoms with E-state index in [2.05, 4.69) is 0 Å². The van der Waals surface area contributed by atoms with Gasteiger partial charge in [0.05, 0.1) is 14.2 Å². The lowest BCUT2D eigenvalue weighted by Gasteiger charge is -2.07. The van der Waals surface area contributed by atoms with Crippen molar-refractivity contribution >= 4 is 6.08 Å². The summed E-state index contributed by atoms with van der Waals surface area (Å²) in [6.45, 7) is 0.670. The highest BCUT2D eigenvalue weighted by atomic mass is 16.5. The summed E-state index contributed by atoms with van der Waals surface area (Å²) < 4.78 is 10.3. The number of rotatable bonds is 5. The molecule has 0 aliphatic heterocycles. The van der Waals surface area contributed by atoms with Crippen LogP contribution in [-0.4, -0.2) is 20.8 Å². The molecule has 3 nitrogen and oxygen atoms in total. The zero-order valence-electron chi connectivity index (χ0n) is 9.19. The monoisotopic (exact) mass is 207 g/mol. The van der Waals surface area contributed by atoms with Gasteiger partial charge in [0, 0.05) is 0 Å². The number of hydrogen-bond donors (Lipinski definition) is 1. The molecule has 0 bridgehead atoms. The smallest absolute Gasteiger partial charge is 0.161 e. The van der Waals surface area contributed by atoms with Gasteiger partial charge in [-0.25, -0.2) is 0 Å². The van der Waals surface area contributed by atoms with Gasteiger partial charge < -0.3 is 15.2 Å². The highest BCUT2D eigenvalue weighted by Crippen LogP contribution is 2.27. The zero-order chi connectivity index (χ0) is 11.1. The van der Waals surface area contributed by atoms with E-state index in [1.165, 1.54) is 0 Å². The van der Waals surface area contributed by atoms with Gasteiger partial charge in [0.15, 0.2) is 11.5 Å². The first-order chi connectivity index (χ1) is 7.31.